The minimum Gasteiger partial charge on any atom is -0.459 e. The van der Waals surface area contributed by atoms with Crippen molar-refractivity contribution in [3.63, 3.8) is 0 Å². The molecule has 0 aliphatic carbocycles. The van der Waals surface area contributed by atoms with Gasteiger partial charge in [-0.25, -0.2) is 0 Å². The molecule has 0 spiro atoms. The first-order valence-corrected chi connectivity index (χ1v) is 9.92. The third-order valence-corrected chi connectivity index (χ3v) is 5.59. The summed E-state index contributed by atoms with van der Waals surface area (Å²) in [7, 11) is 0. The van der Waals surface area contributed by atoms with E-state index in [2.05, 4.69) is 36.5 Å². The molecule has 0 radical (unpaired) electrons. The van der Waals surface area contributed by atoms with Gasteiger partial charge in [0.25, 0.3) is 5.91 Å². The summed E-state index contributed by atoms with van der Waals surface area (Å²) in [6, 6.07) is 11.8. The number of nitrogens with one attached hydrogen (secondary N) is 1. The third-order valence-electron chi connectivity index (χ3n) is 4.58. The Hall–Kier alpha value is -2.21. The molecule has 2 aromatic rings. The zero-order chi connectivity index (χ0) is 18.4. The SMILES string of the molecule is Cc1ccc(SCCNC(=O)C2CCN(C(=O)c3ccco3)CC2)cc1. The molecule has 138 valence electrons. The molecule has 1 aliphatic rings. The molecule has 3 rings (SSSR count). The number of hydrogen-bond acceptors (Lipinski definition) is 4. The van der Waals surface area contributed by atoms with Crippen LogP contribution in [0.2, 0.25) is 0 Å². The third kappa shape index (κ3) is 4.91. The molecule has 1 fully saturated rings. The monoisotopic (exact) mass is 372 g/mol. The second-order valence-corrected chi connectivity index (χ2v) is 7.66. The minimum absolute atomic E-state index is 0.0139. The average molecular weight is 372 g/mol. The fraction of sp³-hybridized carbons (Fsp3) is 0.400. The normalized spacial score (nSPS) is 15.0. The van der Waals surface area contributed by atoms with Crippen LogP contribution >= 0.6 is 11.8 Å². The van der Waals surface area contributed by atoms with Gasteiger partial charge in [-0.3, -0.25) is 9.59 Å². The summed E-state index contributed by atoms with van der Waals surface area (Å²) >= 11 is 1.74. The van der Waals surface area contributed by atoms with Gasteiger partial charge in [0, 0.05) is 36.2 Å². The van der Waals surface area contributed by atoms with Gasteiger partial charge in [-0.1, -0.05) is 17.7 Å². The molecule has 1 saturated heterocycles. The summed E-state index contributed by atoms with van der Waals surface area (Å²) in [4.78, 5) is 27.5. The van der Waals surface area contributed by atoms with Crippen LogP contribution < -0.4 is 5.32 Å². The van der Waals surface area contributed by atoms with E-state index in [-0.39, 0.29) is 17.7 Å². The van der Waals surface area contributed by atoms with E-state index < -0.39 is 0 Å². The topological polar surface area (TPSA) is 62.6 Å². The van der Waals surface area contributed by atoms with Gasteiger partial charge < -0.3 is 14.6 Å². The van der Waals surface area contributed by atoms with Gasteiger partial charge in [0.15, 0.2) is 5.76 Å². The summed E-state index contributed by atoms with van der Waals surface area (Å²) in [5.41, 5.74) is 1.25. The summed E-state index contributed by atoms with van der Waals surface area (Å²) in [5.74, 6) is 1.20. The number of amides is 2. The molecular weight excluding hydrogens is 348 g/mol. The maximum absolute atomic E-state index is 12.3. The maximum atomic E-state index is 12.3. The molecule has 1 aromatic heterocycles. The molecule has 0 saturated carbocycles. The van der Waals surface area contributed by atoms with Crippen molar-refractivity contribution in [1.29, 1.82) is 0 Å². The Morgan fingerprint density at radius 2 is 1.92 bits per heavy atom. The van der Waals surface area contributed by atoms with Crippen molar-refractivity contribution in [1.82, 2.24) is 10.2 Å². The van der Waals surface area contributed by atoms with Gasteiger partial charge >= 0.3 is 0 Å². The first-order valence-electron chi connectivity index (χ1n) is 8.93. The second-order valence-electron chi connectivity index (χ2n) is 6.50. The number of carbonyl (C=O) groups is 2. The maximum Gasteiger partial charge on any atom is 0.289 e. The molecule has 0 atom stereocenters. The lowest BCUT2D eigenvalue weighted by Crippen LogP contribution is -2.43. The molecule has 2 heterocycles. The lowest BCUT2D eigenvalue weighted by Gasteiger charge is -2.30. The Kier molecular flexibility index (Phi) is 6.39. The highest BCUT2D eigenvalue weighted by Crippen LogP contribution is 2.20. The van der Waals surface area contributed by atoms with E-state index >= 15 is 0 Å². The van der Waals surface area contributed by atoms with Gasteiger partial charge in [-0.2, -0.15) is 0 Å². The highest BCUT2D eigenvalue weighted by molar-refractivity contribution is 7.99. The van der Waals surface area contributed by atoms with E-state index in [4.69, 9.17) is 4.42 Å². The number of piperidine rings is 1. The zero-order valence-electron chi connectivity index (χ0n) is 14.9. The van der Waals surface area contributed by atoms with Gasteiger partial charge in [-0.05, 0) is 44.0 Å². The molecule has 1 aromatic carbocycles. The molecular formula is C20H24N2O3S. The number of nitrogens with zero attached hydrogens (tertiary/aromatic N) is 1. The summed E-state index contributed by atoms with van der Waals surface area (Å²) in [6.45, 7) is 3.91. The van der Waals surface area contributed by atoms with Crippen molar-refractivity contribution in [2.24, 2.45) is 5.92 Å². The molecule has 2 amide bonds. The summed E-state index contributed by atoms with van der Waals surface area (Å²) in [6.07, 6.45) is 2.90. The number of hydrogen-bond donors (Lipinski definition) is 1. The van der Waals surface area contributed by atoms with Gasteiger partial charge in [0.05, 0.1) is 6.26 Å². The first-order chi connectivity index (χ1) is 12.6. The number of benzene rings is 1. The first kappa shape index (κ1) is 18.6. The van der Waals surface area contributed by atoms with Crippen molar-refractivity contribution >= 4 is 23.6 Å². The zero-order valence-corrected chi connectivity index (χ0v) is 15.8. The van der Waals surface area contributed by atoms with Gasteiger partial charge in [-0.15, -0.1) is 11.8 Å². The molecule has 1 N–H and O–H groups in total. The lowest BCUT2D eigenvalue weighted by molar-refractivity contribution is -0.126. The average Bonchev–Trinajstić information content (AvgIpc) is 3.21. The van der Waals surface area contributed by atoms with Crippen molar-refractivity contribution in [3.05, 3.63) is 54.0 Å². The van der Waals surface area contributed by atoms with Crippen molar-refractivity contribution in [3.8, 4) is 0 Å². The van der Waals surface area contributed by atoms with Crippen LogP contribution in [0.1, 0.15) is 29.0 Å². The Labute approximate surface area is 158 Å². The van der Waals surface area contributed by atoms with Crippen molar-refractivity contribution in [2.45, 2.75) is 24.7 Å². The van der Waals surface area contributed by atoms with Crippen LogP contribution in [0, 0.1) is 12.8 Å². The van der Waals surface area contributed by atoms with Crippen LogP contribution in [-0.2, 0) is 4.79 Å². The quantitative estimate of drug-likeness (QED) is 0.624. The highest BCUT2D eigenvalue weighted by Gasteiger charge is 2.28. The van der Waals surface area contributed by atoms with E-state index in [1.54, 1.807) is 28.8 Å². The van der Waals surface area contributed by atoms with Crippen molar-refractivity contribution < 1.29 is 14.0 Å². The Bertz CT molecular complexity index is 720. The number of thioether (sulfide) groups is 1. The van der Waals surface area contributed by atoms with E-state index in [1.165, 1.54) is 16.7 Å². The van der Waals surface area contributed by atoms with Crippen LogP contribution in [0.5, 0.6) is 0 Å². The summed E-state index contributed by atoms with van der Waals surface area (Å²) < 4.78 is 5.16. The highest BCUT2D eigenvalue weighted by atomic mass is 32.2. The predicted molar refractivity (Wildman–Crippen MR) is 102 cm³/mol. The molecule has 1 aliphatic heterocycles. The minimum atomic E-state index is -0.0941. The van der Waals surface area contributed by atoms with Crippen LogP contribution in [0.15, 0.2) is 52.0 Å². The van der Waals surface area contributed by atoms with E-state index in [0.29, 0.717) is 38.2 Å². The van der Waals surface area contributed by atoms with Gasteiger partial charge in [0.1, 0.15) is 0 Å². The van der Waals surface area contributed by atoms with Crippen LogP contribution in [0.4, 0.5) is 0 Å². The molecule has 0 unspecified atom stereocenters. The van der Waals surface area contributed by atoms with Crippen LogP contribution in [0.3, 0.4) is 0 Å². The van der Waals surface area contributed by atoms with E-state index in [0.717, 1.165) is 5.75 Å². The molecule has 0 bridgehead atoms. The lowest BCUT2D eigenvalue weighted by atomic mass is 9.96. The number of furan rings is 1. The predicted octanol–water partition coefficient (Wildman–Crippen LogP) is 3.35. The smallest absolute Gasteiger partial charge is 0.289 e. The number of rotatable bonds is 6. The second kappa shape index (κ2) is 8.94. The van der Waals surface area contributed by atoms with E-state index in [1.807, 2.05) is 0 Å². The number of carbonyl (C=O) groups excluding carboxylic acids is 2. The standard InChI is InChI=1S/C20H24N2O3S/c1-15-4-6-17(7-5-15)26-14-10-21-19(23)16-8-11-22(12-9-16)20(24)18-3-2-13-25-18/h2-7,13,16H,8-12,14H2,1H3,(H,21,23). The van der Waals surface area contributed by atoms with Crippen LogP contribution in [-0.4, -0.2) is 42.1 Å². The van der Waals surface area contributed by atoms with Crippen molar-refractivity contribution in [2.75, 3.05) is 25.4 Å². The van der Waals surface area contributed by atoms with Crippen LogP contribution in [0.25, 0.3) is 0 Å². The number of aryl methyl sites for hydroxylation is 1. The molecule has 5 nitrogen and oxygen atoms in total. The molecule has 6 heteroatoms. The number of likely N-dealkylation sites (tertiary alicyclic amines) is 1. The fourth-order valence-corrected chi connectivity index (χ4v) is 3.79. The van der Waals surface area contributed by atoms with Gasteiger partial charge in [0.2, 0.25) is 5.91 Å². The largest absolute Gasteiger partial charge is 0.459 e. The Balaban J connectivity index is 1.36. The fourth-order valence-electron chi connectivity index (χ4n) is 3.02. The summed E-state index contributed by atoms with van der Waals surface area (Å²) in [5, 5.41) is 3.02. The van der Waals surface area contributed by atoms with E-state index in [9.17, 15) is 9.59 Å². The molecule has 26 heavy (non-hydrogen) atoms. The Morgan fingerprint density at radius 3 is 2.58 bits per heavy atom. The Morgan fingerprint density at radius 1 is 1.19 bits per heavy atom.